The van der Waals surface area contributed by atoms with Gasteiger partial charge < -0.3 is 20.0 Å². The fraction of sp³-hybridized carbons (Fsp3) is 0.368. The molecule has 0 unspecified atom stereocenters. The molecule has 6 nitrogen and oxygen atoms in total. The van der Waals surface area contributed by atoms with Gasteiger partial charge >= 0.3 is 6.03 Å². The van der Waals surface area contributed by atoms with Crippen LogP contribution >= 0.6 is 0 Å². The van der Waals surface area contributed by atoms with Crippen LogP contribution in [0, 0.1) is 5.82 Å². The molecule has 1 aliphatic heterocycles. The minimum Gasteiger partial charge on any atom is -0.472 e. The lowest BCUT2D eigenvalue weighted by Crippen LogP contribution is -2.49. The Labute approximate surface area is 151 Å². The van der Waals surface area contributed by atoms with E-state index >= 15 is 0 Å². The van der Waals surface area contributed by atoms with Crippen molar-refractivity contribution in [2.24, 2.45) is 0 Å². The van der Waals surface area contributed by atoms with Crippen molar-refractivity contribution < 1.29 is 18.4 Å². The van der Waals surface area contributed by atoms with Crippen molar-refractivity contribution in [1.29, 1.82) is 0 Å². The van der Waals surface area contributed by atoms with Crippen LogP contribution in [-0.4, -0.2) is 42.5 Å². The first-order valence-corrected chi connectivity index (χ1v) is 8.72. The number of furan rings is 1. The molecule has 0 radical (unpaired) electrons. The van der Waals surface area contributed by atoms with Crippen LogP contribution in [0.25, 0.3) is 0 Å². The topological polar surface area (TPSA) is 74.6 Å². The number of halogens is 1. The maximum Gasteiger partial charge on any atom is 0.315 e. The average Bonchev–Trinajstić information content (AvgIpc) is 3.16. The minimum atomic E-state index is -0.274. The molecule has 3 amide bonds. The van der Waals surface area contributed by atoms with Crippen LogP contribution in [0.4, 0.5) is 9.18 Å². The predicted molar refractivity (Wildman–Crippen MR) is 94.3 cm³/mol. The summed E-state index contributed by atoms with van der Waals surface area (Å²) < 4.78 is 18.1. The Morgan fingerprint density at radius 1 is 1.23 bits per heavy atom. The second-order valence-electron chi connectivity index (χ2n) is 6.36. The van der Waals surface area contributed by atoms with E-state index in [1.165, 1.54) is 24.7 Å². The second kappa shape index (κ2) is 8.51. The third-order valence-electron chi connectivity index (χ3n) is 4.47. The largest absolute Gasteiger partial charge is 0.472 e. The van der Waals surface area contributed by atoms with Crippen LogP contribution in [-0.2, 0) is 6.42 Å². The maximum atomic E-state index is 13.1. The Hall–Kier alpha value is -2.83. The molecule has 0 aliphatic carbocycles. The second-order valence-corrected chi connectivity index (χ2v) is 6.36. The smallest absolute Gasteiger partial charge is 0.315 e. The molecule has 2 heterocycles. The van der Waals surface area contributed by atoms with Gasteiger partial charge in [-0.05, 0) is 43.0 Å². The number of carbonyl (C=O) groups is 2. The Morgan fingerprint density at radius 2 is 2.04 bits per heavy atom. The van der Waals surface area contributed by atoms with Crippen molar-refractivity contribution in [2.75, 3.05) is 19.6 Å². The zero-order valence-corrected chi connectivity index (χ0v) is 14.4. The first-order valence-electron chi connectivity index (χ1n) is 8.72. The minimum absolute atomic E-state index is 0.0394. The number of benzene rings is 1. The van der Waals surface area contributed by atoms with Crippen molar-refractivity contribution in [1.82, 2.24) is 15.5 Å². The van der Waals surface area contributed by atoms with Gasteiger partial charge in [0, 0.05) is 25.7 Å². The van der Waals surface area contributed by atoms with E-state index in [9.17, 15) is 14.0 Å². The predicted octanol–water partition coefficient (Wildman–Crippen LogP) is 2.57. The number of piperidine rings is 1. The number of carbonyl (C=O) groups excluding carboxylic acids is 2. The van der Waals surface area contributed by atoms with Crippen LogP contribution in [0.2, 0.25) is 0 Å². The number of hydrogen-bond acceptors (Lipinski definition) is 3. The summed E-state index contributed by atoms with van der Waals surface area (Å²) in [6, 6.07) is 7.80. The number of nitrogens with zero attached hydrogens (tertiary/aromatic N) is 1. The molecule has 7 heteroatoms. The van der Waals surface area contributed by atoms with Gasteiger partial charge in [0.05, 0.1) is 11.8 Å². The van der Waals surface area contributed by atoms with Gasteiger partial charge in [0.2, 0.25) is 0 Å². The molecule has 1 aromatic carbocycles. The zero-order chi connectivity index (χ0) is 18.4. The third-order valence-corrected chi connectivity index (χ3v) is 4.47. The summed E-state index contributed by atoms with van der Waals surface area (Å²) in [6.07, 6.45) is 4.92. The number of urea groups is 1. The van der Waals surface area contributed by atoms with Crippen molar-refractivity contribution >= 4 is 11.9 Å². The number of hydrogen-bond donors (Lipinski definition) is 2. The van der Waals surface area contributed by atoms with Gasteiger partial charge in [-0.2, -0.15) is 0 Å². The average molecular weight is 359 g/mol. The Morgan fingerprint density at radius 3 is 2.73 bits per heavy atom. The SMILES string of the molecule is O=C(NCCc1cccc(F)c1)NC1CCN(C(=O)c2ccoc2)CC1. The normalized spacial score (nSPS) is 14.9. The standard InChI is InChI=1S/C19H22FN3O3/c20-16-3-1-2-14(12-16)4-8-21-19(25)22-17-5-9-23(10-6-17)18(24)15-7-11-26-13-15/h1-3,7,11-13,17H,4-6,8-10H2,(H2,21,22,25). The van der Waals surface area contributed by atoms with Crippen molar-refractivity contribution in [3.05, 3.63) is 59.8 Å². The monoisotopic (exact) mass is 359 g/mol. The van der Waals surface area contributed by atoms with Gasteiger partial charge in [0.1, 0.15) is 12.1 Å². The molecule has 26 heavy (non-hydrogen) atoms. The number of likely N-dealkylation sites (tertiary alicyclic amines) is 1. The summed E-state index contributed by atoms with van der Waals surface area (Å²) in [5.41, 5.74) is 1.39. The van der Waals surface area contributed by atoms with Gasteiger partial charge in [-0.15, -0.1) is 0 Å². The highest BCUT2D eigenvalue weighted by Gasteiger charge is 2.24. The fourth-order valence-electron chi connectivity index (χ4n) is 3.04. The van der Waals surface area contributed by atoms with Gasteiger partial charge in [-0.3, -0.25) is 4.79 Å². The van der Waals surface area contributed by atoms with E-state index in [0.29, 0.717) is 44.5 Å². The first kappa shape index (κ1) is 18.0. The quantitative estimate of drug-likeness (QED) is 0.862. The Bertz CT molecular complexity index is 740. The number of nitrogens with one attached hydrogen (secondary N) is 2. The molecule has 2 N–H and O–H groups in total. The van der Waals surface area contributed by atoms with Gasteiger partial charge in [-0.25, -0.2) is 9.18 Å². The summed E-state index contributed by atoms with van der Waals surface area (Å²) in [6.45, 7) is 1.63. The maximum absolute atomic E-state index is 13.1. The zero-order valence-electron chi connectivity index (χ0n) is 14.4. The van der Waals surface area contributed by atoms with E-state index in [0.717, 1.165) is 5.56 Å². The fourth-order valence-corrected chi connectivity index (χ4v) is 3.04. The molecule has 0 bridgehead atoms. The van der Waals surface area contributed by atoms with E-state index in [2.05, 4.69) is 10.6 Å². The van der Waals surface area contributed by atoms with Crippen LogP contribution in [0.5, 0.6) is 0 Å². The number of rotatable bonds is 5. The lowest BCUT2D eigenvalue weighted by atomic mass is 10.0. The van der Waals surface area contributed by atoms with Gasteiger partial charge in [0.15, 0.2) is 0 Å². The van der Waals surface area contributed by atoms with Crippen molar-refractivity contribution in [3.63, 3.8) is 0 Å². The first-order chi connectivity index (χ1) is 12.6. The summed E-state index contributed by atoms with van der Waals surface area (Å²) in [7, 11) is 0. The van der Waals surface area contributed by atoms with Gasteiger partial charge in [-0.1, -0.05) is 12.1 Å². The van der Waals surface area contributed by atoms with E-state index in [4.69, 9.17) is 4.42 Å². The Balaban J connectivity index is 1.36. The molecule has 138 valence electrons. The molecule has 2 aromatic rings. The van der Waals surface area contributed by atoms with Crippen LogP contribution in [0.3, 0.4) is 0 Å². The molecule has 1 fully saturated rings. The highest BCUT2D eigenvalue weighted by atomic mass is 19.1. The molecule has 1 aromatic heterocycles. The lowest BCUT2D eigenvalue weighted by molar-refractivity contribution is 0.0707. The number of amides is 3. The van der Waals surface area contributed by atoms with Crippen LogP contribution in [0.1, 0.15) is 28.8 Å². The van der Waals surface area contributed by atoms with Crippen molar-refractivity contribution in [3.8, 4) is 0 Å². The van der Waals surface area contributed by atoms with Crippen molar-refractivity contribution in [2.45, 2.75) is 25.3 Å². The van der Waals surface area contributed by atoms with Gasteiger partial charge in [0.25, 0.3) is 5.91 Å². The molecule has 0 saturated carbocycles. The molecule has 0 atom stereocenters. The highest BCUT2D eigenvalue weighted by molar-refractivity contribution is 5.93. The third kappa shape index (κ3) is 4.84. The molecule has 1 aliphatic rings. The summed E-state index contributed by atoms with van der Waals surface area (Å²) in [4.78, 5) is 26.0. The Kier molecular flexibility index (Phi) is 5.88. The highest BCUT2D eigenvalue weighted by Crippen LogP contribution is 2.14. The van der Waals surface area contributed by atoms with E-state index < -0.39 is 0 Å². The van der Waals surface area contributed by atoms with E-state index in [-0.39, 0.29) is 23.8 Å². The van der Waals surface area contributed by atoms with E-state index in [1.807, 2.05) is 6.07 Å². The van der Waals surface area contributed by atoms with Crippen LogP contribution in [0.15, 0.2) is 47.3 Å². The molecule has 3 rings (SSSR count). The molecule has 0 spiro atoms. The summed E-state index contributed by atoms with van der Waals surface area (Å²) in [5.74, 6) is -0.319. The summed E-state index contributed by atoms with van der Waals surface area (Å²) in [5, 5.41) is 5.72. The lowest BCUT2D eigenvalue weighted by Gasteiger charge is -2.32. The molecule has 1 saturated heterocycles. The molecular weight excluding hydrogens is 337 g/mol. The molecular formula is C19H22FN3O3. The summed E-state index contributed by atoms with van der Waals surface area (Å²) >= 11 is 0. The van der Waals surface area contributed by atoms with E-state index in [1.54, 1.807) is 17.0 Å². The van der Waals surface area contributed by atoms with Crippen LogP contribution < -0.4 is 10.6 Å².